The van der Waals surface area contributed by atoms with Gasteiger partial charge < -0.3 is 4.74 Å². The summed E-state index contributed by atoms with van der Waals surface area (Å²) in [5.74, 6) is -0.229. The molecule has 94 valence electrons. The van der Waals surface area contributed by atoms with E-state index in [1.165, 1.54) is 0 Å². The lowest BCUT2D eigenvalue weighted by molar-refractivity contribution is -0.139. The Morgan fingerprint density at radius 3 is 2.11 bits per heavy atom. The second-order valence-corrected chi connectivity index (χ2v) is 4.60. The van der Waals surface area contributed by atoms with Gasteiger partial charge in [-0.25, -0.2) is 4.79 Å². The molecule has 1 aliphatic rings. The first-order valence-electron chi connectivity index (χ1n) is 6.29. The monoisotopic (exact) mass is 250 g/mol. The van der Waals surface area contributed by atoms with Crippen molar-refractivity contribution in [1.29, 1.82) is 0 Å². The molecule has 0 saturated heterocycles. The maximum atomic E-state index is 11.9. The molecule has 0 aromatic heterocycles. The van der Waals surface area contributed by atoms with E-state index in [9.17, 15) is 4.79 Å². The van der Waals surface area contributed by atoms with Gasteiger partial charge in [0.25, 0.3) is 0 Å². The van der Waals surface area contributed by atoms with Crippen LogP contribution in [0.5, 0.6) is 0 Å². The van der Waals surface area contributed by atoms with Crippen LogP contribution in [-0.2, 0) is 9.53 Å². The molecule has 1 heterocycles. The van der Waals surface area contributed by atoms with Crippen LogP contribution < -0.4 is 0 Å². The van der Waals surface area contributed by atoms with Gasteiger partial charge in [-0.3, -0.25) is 0 Å². The topological polar surface area (TPSA) is 26.3 Å². The van der Waals surface area contributed by atoms with E-state index >= 15 is 0 Å². The lowest BCUT2D eigenvalue weighted by Gasteiger charge is -2.15. The van der Waals surface area contributed by atoms with Gasteiger partial charge in [0.2, 0.25) is 0 Å². The van der Waals surface area contributed by atoms with Crippen molar-refractivity contribution in [3.63, 3.8) is 0 Å². The van der Waals surface area contributed by atoms with Crippen LogP contribution in [0.15, 0.2) is 66.2 Å². The molecule has 2 aromatic rings. The van der Waals surface area contributed by atoms with Crippen LogP contribution in [0.25, 0.3) is 5.57 Å². The fraction of sp³-hybridized carbons (Fsp3) is 0.118. The highest BCUT2D eigenvalue weighted by Crippen LogP contribution is 2.41. The summed E-state index contributed by atoms with van der Waals surface area (Å²) in [6.07, 6.45) is -0.295. The van der Waals surface area contributed by atoms with Crippen molar-refractivity contribution in [2.45, 2.75) is 13.0 Å². The molecular weight excluding hydrogens is 236 g/mol. The molecule has 0 bridgehead atoms. The van der Waals surface area contributed by atoms with Crippen LogP contribution in [0.3, 0.4) is 0 Å². The van der Waals surface area contributed by atoms with Crippen molar-refractivity contribution in [2.24, 2.45) is 0 Å². The highest BCUT2D eigenvalue weighted by atomic mass is 16.5. The maximum Gasteiger partial charge on any atom is 0.335 e. The molecular formula is C17H14O2. The number of carbonyl (C=O) groups excluding carboxylic acids is 1. The van der Waals surface area contributed by atoms with Crippen LogP contribution in [-0.4, -0.2) is 5.97 Å². The van der Waals surface area contributed by atoms with Gasteiger partial charge in [0.15, 0.2) is 6.10 Å². The van der Waals surface area contributed by atoms with Gasteiger partial charge in [0, 0.05) is 11.1 Å². The summed E-state index contributed by atoms with van der Waals surface area (Å²) in [4.78, 5) is 11.9. The molecule has 0 radical (unpaired) electrons. The van der Waals surface area contributed by atoms with Gasteiger partial charge in [-0.05, 0) is 18.1 Å². The van der Waals surface area contributed by atoms with Crippen molar-refractivity contribution in [3.05, 3.63) is 77.4 Å². The normalized spacial score (nSPS) is 18.6. The van der Waals surface area contributed by atoms with Gasteiger partial charge in [0.1, 0.15) is 0 Å². The predicted molar refractivity (Wildman–Crippen MR) is 74.3 cm³/mol. The zero-order valence-electron chi connectivity index (χ0n) is 10.7. The standard InChI is InChI=1S/C17H14O2/c1-12-15(13-8-4-2-5-9-13)16(19-17(12)18)14-10-6-3-7-11-14/h2-11,16H,1H3. The molecule has 0 spiro atoms. The molecule has 2 heteroatoms. The van der Waals surface area contributed by atoms with E-state index in [-0.39, 0.29) is 12.1 Å². The number of carbonyl (C=O) groups is 1. The Labute approximate surface area is 112 Å². The molecule has 3 rings (SSSR count). The van der Waals surface area contributed by atoms with E-state index in [1.807, 2.05) is 67.6 Å². The Balaban J connectivity index is 2.10. The first-order valence-corrected chi connectivity index (χ1v) is 6.29. The molecule has 0 N–H and O–H groups in total. The Morgan fingerprint density at radius 1 is 0.895 bits per heavy atom. The van der Waals surface area contributed by atoms with E-state index < -0.39 is 0 Å². The predicted octanol–water partition coefficient (Wildman–Crippen LogP) is 3.76. The van der Waals surface area contributed by atoms with E-state index in [1.54, 1.807) is 0 Å². The molecule has 1 atom stereocenters. The van der Waals surface area contributed by atoms with Crippen molar-refractivity contribution in [3.8, 4) is 0 Å². The van der Waals surface area contributed by atoms with Gasteiger partial charge >= 0.3 is 5.97 Å². The van der Waals surface area contributed by atoms with Crippen molar-refractivity contribution < 1.29 is 9.53 Å². The molecule has 0 saturated carbocycles. The summed E-state index contributed by atoms with van der Waals surface area (Å²) < 4.78 is 5.51. The summed E-state index contributed by atoms with van der Waals surface area (Å²) in [5, 5.41) is 0. The molecule has 0 fully saturated rings. The van der Waals surface area contributed by atoms with Crippen LogP contribution >= 0.6 is 0 Å². The SMILES string of the molecule is CC1=C(c2ccccc2)C(c2ccccc2)OC1=O. The zero-order valence-corrected chi connectivity index (χ0v) is 10.7. The number of benzene rings is 2. The fourth-order valence-corrected chi connectivity index (χ4v) is 2.41. The van der Waals surface area contributed by atoms with Crippen LogP contribution in [0.1, 0.15) is 24.2 Å². The molecule has 19 heavy (non-hydrogen) atoms. The highest BCUT2D eigenvalue weighted by molar-refractivity contribution is 6.02. The Kier molecular flexibility index (Phi) is 2.92. The average molecular weight is 250 g/mol. The van der Waals surface area contributed by atoms with Crippen LogP contribution in [0, 0.1) is 0 Å². The fourth-order valence-electron chi connectivity index (χ4n) is 2.41. The quantitative estimate of drug-likeness (QED) is 0.759. The molecule has 1 unspecified atom stereocenters. The molecule has 0 amide bonds. The van der Waals surface area contributed by atoms with E-state index in [0.717, 1.165) is 16.7 Å². The molecule has 2 nitrogen and oxygen atoms in total. The molecule has 0 aliphatic carbocycles. The zero-order chi connectivity index (χ0) is 13.2. The third-order valence-corrected chi connectivity index (χ3v) is 3.38. The summed E-state index contributed by atoms with van der Waals surface area (Å²) in [5.41, 5.74) is 3.71. The van der Waals surface area contributed by atoms with Crippen molar-refractivity contribution in [2.75, 3.05) is 0 Å². The number of hydrogen-bond donors (Lipinski definition) is 0. The smallest absolute Gasteiger partial charge is 0.335 e. The second kappa shape index (κ2) is 4.73. The highest BCUT2D eigenvalue weighted by Gasteiger charge is 2.33. The van der Waals surface area contributed by atoms with E-state index in [2.05, 4.69) is 0 Å². The number of esters is 1. The minimum absolute atomic E-state index is 0.229. The van der Waals surface area contributed by atoms with Crippen LogP contribution in [0.4, 0.5) is 0 Å². The largest absolute Gasteiger partial charge is 0.449 e. The molecule has 2 aromatic carbocycles. The van der Waals surface area contributed by atoms with Crippen LogP contribution in [0.2, 0.25) is 0 Å². The maximum absolute atomic E-state index is 11.9. The third kappa shape index (κ3) is 2.06. The van der Waals surface area contributed by atoms with Gasteiger partial charge in [-0.15, -0.1) is 0 Å². The Morgan fingerprint density at radius 2 is 1.47 bits per heavy atom. The number of cyclic esters (lactones) is 1. The lowest BCUT2D eigenvalue weighted by atomic mass is 9.93. The second-order valence-electron chi connectivity index (χ2n) is 4.60. The minimum Gasteiger partial charge on any atom is -0.449 e. The first kappa shape index (κ1) is 11.7. The number of rotatable bonds is 2. The average Bonchev–Trinajstić information content (AvgIpc) is 2.77. The summed E-state index contributed by atoms with van der Waals surface area (Å²) in [6, 6.07) is 19.8. The number of hydrogen-bond acceptors (Lipinski definition) is 2. The summed E-state index contributed by atoms with van der Waals surface area (Å²) in [6.45, 7) is 1.83. The minimum atomic E-state index is -0.295. The summed E-state index contributed by atoms with van der Waals surface area (Å²) >= 11 is 0. The van der Waals surface area contributed by atoms with Gasteiger partial charge in [-0.1, -0.05) is 60.7 Å². The Hall–Kier alpha value is -2.35. The first-order chi connectivity index (χ1) is 9.27. The van der Waals surface area contributed by atoms with Crippen molar-refractivity contribution in [1.82, 2.24) is 0 Å². The lowest BCUT2D eigenvalue weighted by Crippen LogP contribution is -2.02. The number of ether oxygens (including phenoxy) is 1. The van der Waals surface area contributed by atoms with E-state index in [4.69, 9.17) is 4.74 Å². The van der Waals surface area contributed by atoms with E-state index in [0.29, 0.717) is 5.57 Å². The molecule has 1 aliphatic heterocycles. The van der Waals surface area contributed by atoms with Gasteiger partial charge in [-0.2, -0.15) is 0 Å². The Bertz CT molecular complexity index is 627. The van der Waals surface area contributed by atoms with Crippen molar-refractivity contribution >= 4 is 11.5 Å². The third-order valence-electron chi connectivity index (χ3n) is 3.38. The van der Waals surface area contributed by atoms with Gasteiger partial charge in [0.05, 0.1) is 0 Å². The summed E-state index contributed by atoms with van der Waals surface area (Å²) in [7, 11) is 0.